The molecule has 5 nitrogen and oxygen atoms in total. The van der Waals surface area contributed by atoms with Crippen molar-refractivity contribution >= 4 is 0 Å². The normalized spacial score (nSPS) is 16.6. The molecule has 5 heteroatoms. The summed E-state index contributed by atoms with van der Waals surface area (Å²) < 4.78 is 5.59. The van der Waals surface area contributed by atoms with E-state index in [2.05, 4.69) is 45.5 Å². The van der Waals surface area contributed by atoms with Crippen molar-refractivity contribution in [1.82, 2.24) is 20.4 Å². The summed E-state index contributed by atoms with van der Waals surface area (Å²) in [6.07, 6.45) is 4.47. The number of H-pyrrole nitrogens is 1. The Hall–Kier alpha value is -1.85. The predicted octanol–water partition coefficient (Wildman–Crippen LogP) is 2.65. The van der Waals surface area contributed by atoms with E-state index in [1.807, 2.05) is 12.3 Å². The van der Waals surface area contributed by atoms with Crippen LogP contribution in [0, 0.1) is 6.92 Å². The van der Waals surface area contributed by atoms with Crippen molar-refractivity contribution < 1.29 is 4.74 Å². The van der Waals surface area contributed by atoms with Crippen LogP contribution in [0.3, 0.4) is 0 Å². The molecule has 1 atom stereocenters. The maximum atomic E-state index is 5.59. The number of aromatic nitrogens is 2. The minimum Gasteiger partial charge on any atom is -0.496 e. The second kappa shape index (κ2) is 7.62. The lowest BCUT2D eigenvalue weighted by Gasteiger charge is -2.29. The van der Waals surface area contributed by atoms with Gasteiger partial charge in [0.2, 0.25) is 0 Å². The summed E-state index contributed by atoms with van der Waals surface area (Å²) in [5, 5.41) is 10.7. The quantitative estimate of drug-likeness (QED) is 0.825. The summed E-state index contributed by atoms with van der Waals surface area (Å²) in [6, 6.07) is 8.72. The lowest BCUT2D eigenvalue weighted by atomic mass is 10.0. The van der Waals surface area contributed by atoms with Gasteiger partial charge in [0.1, 0.15) is 5.75 Å². The van der Waals surface area contributed by atoms with Gasteiger partial charge in [0, 0.05) is 29.9 Å². The van der Waals surface area contributed by atoms with Gasteiger partial charge in [-0.25, -0.2) is 0 Å². The lowest BCUT2D eigenvalue weighted by molar-refractivity contribution is 0.232. The van der Waals surface area contributed by atoms with E-state index in [-0.39, 0.29) is 0 Å². The first-order valence-corrected chi connectivity index (χ1v) is 8.36. The van der Waals surface area contributed by atoms with Crippen LogP contribution in [0.5, 0.6) is 5.75 Å². The number of hydrogen-bond acceptors (Lipinski definition) is 4. The molecule has 0 bridgehead atoms. The van der Waals surface area contributed by atoms with Crippen LogP contribution in [0.25, 0.3) is 0 Å². The highest BCUT2D eigenvalue weighted by atomic mass is 16.5. The molecule has 2 N–H and O–H groups in total. The van der Waals surface area contributed by atoms with Crippen LogP contribution in [0.15, 0.2) is 30.5 Å². The third-order valence-electron chi connectivity index (χ3n) is 4.67. The zero-order valence-electron chi connectivity index (χ0n) is 14.0. The summed E-state index contributed by atoms with van der Waals surface area (Å²) in [5.74, 6) is 0.977. The van der Waals surface area contributed by atoms with E-state index in [1.54, 1.807) is 7.11 Å². The van der Waals surface area contributed by atoms with Gasteiger partial charge in [0.05, 0.1) is 19.3 Å². The number of nitrogens with zero attached hydrogens (tertiary/aromatic N) is 2. The smallest absolute Gasteiger partial charge is 0.123 e. The van der Waals surface area contributed by atoms with Crippen LogP contribution < -0.4 is 10.1 Å². The summed E-state index contributed by atoms with van der Waals surface area (Å²) in [4.78, 5) is 2.56. The molecular weight excluding hydrogens is 288 g/mol. The molecule has 1 aliphatic heterocycles. The number of para-hydroxylation sites is 1. The molecule has 0 amide bonds. The van der Waals surface area contributed by atoms with Gasteiger partial charge in [-0.1, -0.05) is 18.2 Å². The molecule has 124 valence electrons. The topological polar surface area (TPSA) is 53.2 Å². The van der Waals surface area contributed by atoms with Crippen molar-refractivity contribution in [3.63, 3.8) is 0 Å². The van der Waals surface area contributed by atoms with Crippen molar-refractivity contribution in [3.05, 3.63) is 47.3 Å². The zero-order chi connectivity index (χ0) is 16.1. The van der Waals surface area contributed by atoms with Crippen LogP contribution in [0.4, 0.5) is 0 Å². The highest BCUT2D eigenvalue weighted by Gasteiger charge is 2.25. The van der Waals surface area contributed by atoms with Gasteiger partial charge < -0.3 is 10.1 Å². The number of benzene rings is 1. The van der Waals surface area contributed by atoms with Crippen molar-refractivity contribution in [1.29, 1.82) is 0 Å². The van der Waals surface area contributed by atoms with Crippen LogP contribution in [0.1, 0.15) is 35.7 Å². The number of methoxy groups -OCH3 is 1. The highest BCUT2D eigenvalue weighted by Crippen LogP contribution is 2.31. The Labute approximate surface area is 138 Å². The predicted molar refractivity (Wildman–Crippen MR) is 91.6 cm³/mol. The van der Waals surface area contributed by atoms with Gasteiger partial charge in [-0.05, 0) is 38.9 Å². The van der Waals surface area contributed by atoms with Gasteiger partial charge in [-0.3, -0.25) is 10.00 Å². The molecule has 1 aromatic carbocycles. The van der Waals surface area contributed by atoms with Gasteiger partial charge in [-0.15, -0.1) is 0 Å². The monoisotopic (exact) mass is 314 g/mol. The number of nitrogens with one attached hydrogen (secondary N) is 2. The summed E-state index contributed by atoms with van der Waals surface area (Å²) >= 11 is 0. The van der Waals surface area contributed by atoms with Gasteiger partial charge in [-0.2, -0.15) is 5.10 Å². The summed E-state index contributed by atoms with van der Waals surface area (Å²) in [6.45, 7) is 6.12. The first-order chi connectivity index (χ1) is 11.3. The lowest BCUT2D eigenvalue weighted by Crippen LogP contribution is -2.34. The third kappa shape index (κ3) is 3.74. The maximum absolute atomic E-state index is 5.59. The van der Waals surface area contributed by atoms with E-state index in [1.165, 1.54) is 24.0 Å². The third-order valence-corrected chi connectivity index (χ3v) is 4.67. The van der Waals surface area contributed by atoms with E-state index >= 15 is 0 Å². The molecule has 2 heterocycles. The first kappa shape index (κ1) is 16.0. The molecule has 0 unspecified atom stereocenters. The number of likely N-dealkylation sites (tertiary alicyclic amines) is 1. The largest absolute Gasteiger partial charge is 0.496 e. The van der Waals surface area contributed by atoms with Crippen LogP contribution >= 0.6 is 0 Å². The Kier molecular flexibility index (Phi) is 5.31. The molecule has 0 aliphatic carbocycles. The standard InChI is InChI=1S/C18H26N4O/c1-14-15(12-20-21-14)11-19-13-17(22-9-5-6-10-22)16-7-3-4-8-18(16)23-2/h3-4,7-8,12,17,19H,5-6,9-11,13H2,1-2H3,(H,20,21)/t17-/m1/s1. The van der Waals surface area contributed by atoms with E-state index in [4.69, 9.17) is 4.74 Å². The van der Waals surface area contributed by atoms with Gasteiger partial charge in [0.15, 0.2) is 0 Å². The number of hydrogen-bond donors (Lipinski definition) is 2. The number of ether oxygens (including phenoxy) is 1. The van der Waals surface area contributed by atoms with E-state index in [9.17, 15) is 0 Å². The van der Waals surface area contributed by atoms with Crippen LogP contribution in [0.2, 0.25) is 0 Å². The molecule has 1 aliphatic rings. The maximum Gasteiger partial charge on any atom is 0.123 e. The molecule has 1 saturated heterocycles. The molecule has 0 saturated carbocycles. The Balaban J connectivity index is 1.72. The van der Waals surface area contributed by atoms with Gasteiger partial charge in [0.25, 0.3) is 0 Å². The molecule has 2 aromatic rings. The van der Waals surface area contributed by atoms with Crippen molar-refractivity contribution in [2.45, 2.75) is 32.4 Å². The van der Waals surface area contributed by atoms with Crippen molar-refractivity contribution in [3.8, 4) is 5.75 Å². The average Bonchev–Trinajstić information content (AvgIpc) is 3.24. The Morgan fingerprint density at radius 3 is 2.78 bits per heavy atom. The minimum absolute atomic E-state index is 0.348. The Bertz CT molecular complexity index is 619. The molecule has 3 rings (SSSR count). The zero-order valence-corrected chi connectivity index (χ0v) is 14.0. The van der Waals surface area contributed by atoms with Gasteiger partial charge >= 0.3 is 0 Å². The fourth-order valence-corrected chi connectivity index (χ4v) is 3.33. The summed E-state index contributed by atoms with van der Waals surface area (Å²) in [5.41, 5.74) is 3.63. The van der Waals surface area contributed by atoms with E-state index < -0.39 is 0 Å². The fraction of sp³-hybridized carbons (Fsp3) is 0.500. The average molecular weight is 314 g/mol. The van der Waals surface area contributed by atoms with E-state index in [0.29, 0.717) is 6.04 Å². The fourth-order valence-electron chi connectivity index (χ4n) is 3.33. The number of aromatic amines is 1. The highest BCUT2D eigenvalue weighted by molar-refractivity contribution is 5.36. The number of rotatable bonds is 7. The van der Waals surface area contributed by atoms with Crippen molar-refractivity contribution in [2.24, 2.45) is 0 Å². The first-order valence-electron chi connectivity index (χ1n) is 8.36. The Morgan fingerprint density at radius 2 is 2.09 bits per heavy atom. The number of aryl methyl sites for hydroxylation is 1. The van der Waals surface area contributed by atoms with Crippen LogP contribution in [-0.4, -0.2) is 41.8 Å². The molecule has 0 radical (unpaired) electrons. The van der Waals surface area contributed by atoms with Crippen molar-refractivity contribution in [2.75, 3.05) is 26.7 Å². The molecule has 1 fully saturated rings. The SMILES string of the molecule is COc1ccccc1[C@@H](CNCc1cn[nH]c1C)N1CCCC1. The minimum atomic E-state index is 0.348. The second-order valence-corrected chi connectivity index (χ2v) is 6.15. The second-order valence-electron chi connectivity index (χ2n) is 6.15. The van der Waals surface area contributed by atoms with Crippen LogP contribution in [-0.2, 0) is 6.54 Å². The molecule has 23 heavy (non-hydrogen) atoms. The van der Waals surface area contributed by atoms with E-state index in [0.717, 1.165) is 37.6 Å². The molecule has 0 spiro atoms. The molecular formula is C18H26N4O. The summed E-state index contributed by atoms with van der Waals surface area (Å²) in [7, 11) is 1.75. The Morgan fingerprint density at radius 1 is 1.30 bits per heavy atom. The molecule has 1 aromatic heterocycles.